The Morgan fingerprint density at radius 2 is 2.14 bits per heavy atom. The standard InChI is InChI=1S/C13H15N/c1-4-7-14-9-11(3)12-8-10(2)5-6-13(12)14/h4-6,8-9H,1,7H2,2-3H3. The summed E-state index contributed by atoms with van der Waals surface area (Å²) in [6.07, 6.45) is 4.12. The third-order valence-electron chi connectivity index (χ3n) is 2.56. The molecule has 1 aromatic heterocycles. The molecule has 0 spiro atoms. The molecule has 0 aliphatic carbocycles. The molecule has 0 unspecified atom stereocenters. The molecule has 0 radical (unpaired) electrons. The van der Waals surface area contributed by atoms with Crippen LogP contribution in [0.5, 0.6) is 0 Å². The maximum absolute atomic E-state index is 3.77. The third kappa shape index (κ3) is 1.35. The Labute approximate surface area is 84.7 Å². The van der Waals surface area contributed by atoms with Gasteiger partial charge in [0.05, 0.1) is 0 Å². The fourth-order valence-corrected chi connectivity index (χ4v) is 1.88. The maximum atomic E-state index is 3.77. The van der Waals surface area contributed by atoms with Gasteiger partial charge in [-0.2, -0.15) is 0 Å². The zero-order chi connectivity index (χ0) is 10.1. The minimum Gasteiger partial charge on any atom is -0.343 e. The highest BCUT2D eigenvalue weighted by Crippen LogP contribution is 2.21. The van der Waals surface area contributed by atoms with Crippen molar-refractivity contribution in [2.24, 2.45) is 0 Å². The molecule has 14 heavy (non-hydrogen) atoms. The molecule has 1 heterocycles. The first-order valence-electron chi connectivity index (χ1n) is 4.89. The molecule has 0 fully saturated rings. The van der Waals surface area contributed by atoms with E-state index in [-0.39, 0.29) is 0 Å². The lowest BCUT2D eigenvalue weighted by Crippen LogP contribution is -1.91. The van der Waals surface area contributed by atoms with Crippen LogP contribution in [0.3, 0.4) is 0 Å². The zero-order valence-electron chi connectivity index (χ0n) is 8.75. The van der Waals surface area contributed by atoms with Gasteiger partial charge in [-0.25, -0.2) is 0 Å². The number of rotatable bonds is 2. The number of benzene rings is 1. The summed E-state index contributed by atoms with van der Waals surface area (Å²) >= 11 is 0. The monoisotopic (exact) mass is 185 g/mol. The van der Waals surface area contributed by atoms with Gasteiger partial charge < -0.3 is 4.57 Å². The molecule has 0 saturated carbocycles. The van der Waals surface area contributed by atoms with Crippen LogP contribution in [0.2, 0.25) is 0 Å². The van der Waals surface area contributed by atoms with Gasteiger partial charge in [0.2, 0.25) is 0 Å². The Kier molecular flexibility index (Phi) is 2.16. The molecule has 0 N–H and O–H groups in total. The number of aromatic nitrogens is 1. The molecule has 72 valence electrons. The lowest BCUT2D eigenvalue weighted by atomic mass is 10.1. The molecule has 0 bridgehead atoms. The summed E-state index contributed by atoms with van der Waals surface area (Å²) in [7, 11) is 0. The maximum Gasteiger partial charge on any atom is 0.0486 e. The molecule has 0 amide bonds. The summed E-state index contributed by atoms with van der Waals surface area (Å²) < 4.78 is 2.23. The summed E-state index contributed by atoms with van der Waals surface area (Å²) in [6.45, 7) is 8.93. The number of hydrogen-bond donors (Lipinski definition) is 0. The summed E-state index contributed by atoms with van der Waals surface area (Å²) in [5.74, 6) is 0. The topological polar surface area (TPSA) is 4.93 Å². The van der Waals surface area contributed by atoms with Crippen LogP contribution >= 0.6 is 0 Å². The quantitative estimate of drug-likeness (QED) is 0.631. The van der Waals surface area contributed by atoms with Gasteiger partial charge in [-0.1, -0.05) is 17.7 Å². The summed E-state index contributed by atoms with van der Waals surface area (Å²) in [6, 6.07) is 6.58. The largest absolute Gasteiger partial charge is 0.343 e. The van der Waals surface area contributed by atoms with Crippen molar-refractivity contribution in [2.45, 2.75) is 20.4 Å². The molecule has 0 saturated heterocycles. The Bertz CT molecular complexity index is 477. The SMILES string of the molecule is C=CCn1cc(C)c2cc(C)ccc21. The van der Waals surface area contributed by atoms with E-state index in [1.807, 2.05) is 6.08 Å². The normalized spacial score (nSPS) is 10.7. The van der Waals surface area contributed by atoms with Crippen molar-refractivity contribution in [3.8, 4) is 0 Å². The van der Waals surface area contributed by atoms with E-state index in [0.717, 1.165) is 6.54 Å². The van der Waals surface area contributed by atoms with Crippen molar-refractivity contribution in [2.75, 3.05) is 0 Å². The lowest BCUT2D eigenvalue weighted by molar-refractivity contribution is 0.862. The molecule has 1 nitrogen and oxygen atoms in total. The molecule has 0 aliphatic rings. The van der Waals surface area contributed by atoms with E-state index in [1.54, 1.807) is 0 Å². The zero-order valence-corrected chi connectivity index (χ0v) is 8.75. The third-order valence-corrected chi connectivity index (χ3v) is 2.56. The Balaban J connectivity index is 2.70. The molecule has 0 atom stereocenters. The number of nitrogens with zero attached hydrogens (tertiary/aromatic N) is 1. The van der Waals surface area contributed by atoms with Crippen molar-refractivity contribution in [1.82, 2.24) is 4.57 Å². The second kappa shape index (κ2) is 3.33. The van der Waals surface area contributed by atoms with E-state index in [4.69, 9.17) is 0 Å². The van der Waals surface area contributed by atoms with Crippen molar-refractivity contribution < 1.29 is 0 Å². The lowest BCUT2D eigenvalue weighted by Gasteiger charge is -2.00. The van der Waals surface area contributed by atoms with Gasteiger partial charge >= 0.3 is 0 Å². The van der Waals surface area contributed by atoms with E-state index in [1.165, 1.54) is 22.0 Å². The fourth-order valence-electron chi connectivity index (χ4n) is 1.88. The van der Waals surface area contributed by atoms with Crippen molar-refractivity contribution in [3.63, 3.8) is 0 Å². The highest BCUT2D eigenvalue weighted by Gasteiger charge is 2.03. The molecule has 1 aromatic carbocycles. The minimum absolute atomic E-state index is 0.882. The Morgan fingerprint density at radius 1 is 1.36 bits per heavy atom. The highest BCUT2D eigenvalue weighted by atomic mass is 14.9. The van der Waals surface area contributed by atoms with Gasteiger partial charge in [-0.15, -0.1) is 6.58 Å². The number of fused-ring (bicyclic) bond motifs is 1. The number of aryl methyl sites for hydroxylation is 2. The van der Waals surface area contributed by atoms with Crippen molar-refractivity contribution >= 4 is 10.9 Å². The predicted molar refractivity (Wildman–Crippen MR) is 61.6 cm³/mol. The van der Waals surface area contributed by atoms with Crippen LogP contribution in [-0.2, 0) is 6.54 Å². The van der Waals surface area contributed by atoms with Gasteiger partial charge in [0.25, 0.3) is 0 Å². The van der Waals surface area contributed by atoms with Crippen LogP contribution < -0.4 is 0 Å². The van der Waals surface area contributed by atoms with Gasteiger partial charge in [0.15, 0.2) is 0 Å². The van der Waals surface area contributed by atoms with E-state index in [2.05, 4.69) is 49.4 Å². The summed E-state index contributed by atoms with van der Waals surface area (Å²) in [4.78, 5) is 0. The average molecular weight is 185 g/mol. The van der Waals surface area contributed by atoms with E-state index in [9.17, 15) is 0 Å². The van der Waals surface area contributed by atoms with Crippen LogP contribution in [0.1, 0.15) is 11.1 Å². The van der Waals surface area contributed by atoms with Crippen LogP contribution in [0, 0.1) is 13.8 Å². The first-order valence-corrected chi connectivity index (χ1v) is 4.89. The van der Waals surface area contributed by atoms with Crippen molar-refractivity contribution in [1.29, 1.82) is 0 Å². The Morgan fingerprint density at radius 3 is 2.86 bits per heavy atom. The molecular formula is C13H15N. The average Bonchev–Trinajstić information content (AvgIpc) is 2.44. The fraction of sp³-hybridized carbons (Fsp3) is 0.231. The van der Waals surface area contributed by atoms with Gasteiger partial charge in [0.1, 0.15) is 0 Å². The van der Waals surface area contributed by atoms with Gasteiger partial charge in [0, 0.05) is 23.6 Å². The first kappa shape index (κ1) is 9.07. The molecular weight excluding hydrogens is 170 g/mol. The second-order valence-electron chi connectivity index (χ2n) is 3.77. The van der Waals surface area contributed by atoms with E-state index >= 15 is 0 Å². The van der Waals surface area contributed by atoms with Crippen LogP contribution in [0.4, 0.5) is 0 Å². The van der Waals surface area contributed by atoms with Gasteiger partial charge in [-0.05, 0) is 31.5 Å². The smallest absolute Gasteiger partial charge is 0.0486 e. The molecule has 2 aromatic rings. The van der Waals surface area contributed by atoms with Crippen LogP contribution in [0.15, 0.2) is 37.1 Å². The molecule has 2 rings (SSSR count). The highest BCUT2D eigenvalue weighted by molar-refractivity contribution is 5.84. The van der Waals surface area contributed by atoms with E-state index in [0.29, 0.717) is 0 Å². The second-order valence-corrected chi connectivity index (χ2v) is 3.77. The minimum atomic E-state index is 0.882. The molecule has 0 aliphatic heterocycles. The predicted octanol–water partition coefficient (Wildman–Crippen LogP) is 3.44. The number of hydrogen-bond acceptors (Lipinski definition) is 0. The summed E-state index contributed by atoms with van der Waals surface area (Å²) in [5, 5.41) is 1.35. The summed E-state index contributed by atoms with van der Waals surface area (Å²) in [5.41, 5.74) is 3.95. The van der Waals surface area contributed by atoms with Crippen LogP contribution in [-0.4, -0.2) is 4.57 Å². The number of allylic oxidation sites excluding steroid dienone is 1. The first-order chi connectivity index (χ1) is 6.72. The van der Waals surface area contributed by atoms with Crippen LogP contribution in [0.25, 0.3) is 10.9 Å². The van der Waals surface area contributed by atoms with E-state index < -0.39 is 0 Å². The molecule has 1 heteroatoms. The van der Waals surface area contributed by atoms with Crippen molar-refractivity contribution in [3.05, 3.63) is 48.2 Å². The van der Waals surface area contributed by atoms with Gasteiger partial charge in [-0.3, -0.25) is 0 Å². The Hall–Kier alpha value is -1.50.